The Morgan fingerprint density at radius 2 is 1.68 bits per heavy atom. The normalized spacial score (nSPS) is 17.8. The highest BCUT2D eigenvalue weighted by Crippen LogP contribution is 2.35. The van der Waals surface area contributed by atoms with Gasteiger partial charge in [-0.2, -0.15) is 0 Å². The van der Waals surface area contributed by atoms with Crippen LogP contribution in [0.3, 0.4) is 0 Å². The largest absolute Gasteiger partial charge is 0.358 e. The summed E-state index contributed by atoms with van der Waals surface area (Å²) in [5.74, 6) is 0. The van der Waals surface area contributed by atoms with E-state index < -0.39 is 12.5 Å². The Kier molecular flexibility index (Phi) is 3.20. The Bertz CT molecular complexity index is 554. The van der Waals surface area contributed by atoms with Gasteiger partial charge in [-0.05, 0) is 17.2 Å². The van der Waals surface area contributed by atoms with Crippen LogP contribution in [-0.4, -0.2) is 12.5 Å². The zero-order valence-corrected chi connectivity index (χ0v) is 10.5. The van der Waals surface area contributed by atoms with Crippen LogP contribution in [0.1, 0.15) is 11.1 Å². The van der Waals surface area contributed by atoms with Gasteiger partial charge < -0.3 is 4.90 Å². The first kappa shape index (κ1) is 12.2. The molecule has 0 fully saturated rings. The van der Waals surface area contributed by atoms with Crippen molar-refractivity contribution in [3.8, 4) is 0 Å². The Hall–Kier alpha value is -1.90. The third-order valence-electron chi connectivity index (χ3n) is 3.62. The monoisotopic (exact) mass is 259 g/mol. The van der Waals surface area contributed by atoms with Crippen LogP contribution in [0.25, 0.3) is 0 Å². The van der Waals surface area contributed by atoms with Crippen molar-refractivity contribution < 1.29 is 8.78 Å². The highest BCUT2D eigenvalue weighted by atomic mass is 19.3. The fraction of sp³-hybridized carbons (Fsp3) is 0.250. The molecule has 19 heavy (non-hydrogen) atoms. The number of anilines is 1. The molecule has 0 amide bonds. The SMILES string of the molecule is FC(F)[C@@H]1Cc2ccccc2N1Cc1ccccc1. The van der Waals surface area contributed by atoms with Gasteiger partial charge in [0.2, 0.25) is 0 Å². The first-order valence-corrected chi connectivity index (χ1v) is 6.42. The molecule has 1 heterocycles. The lowest BCUT2D eigenvalue weighted by Gasteiger charge is -2.27. The van der Waals surface area contributed by atoms with Crippen LogP contribution in [0.2, 0.25) is 0 Å². The van der Waals surface area contributed by atoms with Crippen LogP contribution in [0.5, 0.6) is 0 Å². The molecule has 1 aliphatic rings. The Balaban J connectivity index is 1.92. The fourth-order valence-corrected chi connectivity index (χ4v) is 2.69. The number of alkyl halides is 2. The number of fused-ring (bicyclic) bond motifs is 1. The molecule has 1 aliphatic heterocycles. The number of rotatable bonds is 3. The zero-order valence-electron chi connectivity index (χ0n) is 10.5. The number of hydrogen-bond donors (Lipinski definition) is 0. The van der Waals surface area contributed by atoms with Crippen molar-refractivity contribution in [3.63, 3.8) is 0 Å². The molecule has 0 N–H and O–H groups in total. The van der Waals surface area contributed by atoms with Crippen LogP contribution in [0, 0.1) is 0 Å². The summed E-state index contributed by atoms with van der Waals surface area (Å²) in [6.45, 7) is 0.535. The van der Waals surface area contributed by atoms with Crippen molar-refractivity contribution in [3.05, 3.63) is 65.7 Å². The minimum atomic E-state index is -2.32. The van der Waals surface area contributed by atoms with Gasteiger partial charge in [0.15, 0.2) is 0 Å². The molecule has 0 saturated heterocycles. The summed E-state index contributed by atoms with van der Waals surface area (Å²) in [6.07, 6.45) is -1.89. The van der Waals surface area contributed by atoms with E-state index in [-0.39, 0.29) is 0 Å². The lowest BCUT2D eigenvalue weighted by atomic mass is 10.1. The van der Waals surface area contributed by atoms with Gasteiger partial charge in [-0.15, -0.1) is 0 Å². The number of benzene rings is 2. The van der Waals surface area contributed by atoms with Gasteiger partial charge in [0, 0.05) is 18.7 Å². The van der Waals surface area contributed by atoms with E-state index in [1.165, 1.54) is 0 Å². The average molecular weight is 259 g/mol. The predicted octanol–water partition coefficient (Wildman–Crippen LogP) is 3.88. The number of halogens is 2. The smallest absolute Gasteiger partial charge is 0.258 e. The topological polar surface area (TPSA) is 3.24 Å². The van der Waals surface area contributed by atoms with E-state index in [1.54, 1.807) is 0 Å². The zero-order chi connectivity index (χ0) is 13.2. The Morgan fingerprint density at radius 3 is 2.42 bits per heavy atom. The van der Waals surface area contributed by atoms with Gasteiger partial charge in [0.05, 0.1) is 6.04 Å². The van der Waals surface area contributed by atoms with Gasteiger partial charge >= 0.3 is 0 Å². The maximum atomic E-state index is 13.2. The molecule has 0 unspecified atom stereocenters. The summed E-state index contributed by atoms with van der Waals surface area (Å²) < 4.78 is 26.4. The van der Waals surface area contributed by atoms with Gasteiger partial charge in [-0.3, -0.25) is 0 Å². The highest BCUT2D eigenvalue weighted by molar-refractivity contribution is 5.59. The third-order valence-corrected chi connectivity index (χ3v) is 3.62. The van der Waals surface area contributed by atoms with Crippen molar-refractivity contribution in [2.75, 3.05) is 4.90 Å². The summed E-state index contributed by atoms with van der Waals surface area (Å²) in [4.78, 5) is 1.83. The molecule has 0 spiro atoms. The van der Waals surface area contributed by atoms with E-state index in [4.69, 9.17) is 0 Å². The first-order chi connectivity index (χ1) is 9.25. The molecule has 0 radical (unpaired) electrons. The van der Waals surface area contributed by atoms with Crippen molar-refractivity contribution in [2.24, 2.45) is 0 Å². The van der Waals surface area contributed by atoms with E-state index >= 15 is 0 Å². The first-order valence-electron chi connectivity index (χ1n) is 6.42. The van der Waals surface area contributed by atoms with Crippen molar-refractivity contribution in [1.29, 1.82) is 0 Å². The Labute approximate surface area is 111 Å². The second kappa shape index (κ2) is 5.00. The molecule has 1 nitrogen and oxygen atoms in total. The van der Waals surface area contributed by atoms with Crippen molar-refractivity contribution >= 4 is 5.69 Å². The molecule has 3 rings (SSSR count). The summed E-state index contributed by atoms with van der Waals surface area (Å²) in [7, 11) is 0. The molecule has 0 bridgehead atoms. The van der Waals surface area contributed by atoms with Crippen LogP contribution in [-0.2, 0) is 13.0 Å². The van der Waals surface area contributed by atoms with Gasteiger partial charge in [-0.25, -0.2) is 8.78 Å². The van der Waals surface area contributed by atoms with E-state index in [1.807, 2.05) is 59.5 Å². The predicted molar refractivity (Wildman–Crippen MR) is 72.6 cm³/mol. The number of para-hydroxylation sites is 1. The van der Waals surface area contributed by atoms with Crippen molar-refractivity contribution in [2.45, 2.75) is 25.4 Å². The van der Waals surface area contributed by atoms with Gasteiger partial charge in [0.1, 0.15) is 0 Å². The van der Waals surface area contributed by atoms with Crippen LogP contribution >= 0.6 is 0 Å². The average Bonchev–Trinajstić information content (AvgIpc) is 2.79. The quantitative estimate of drug-likeness (QED) is 0.808. The minimum absolute atomic E-state index is 0.431. The molecule has 1 atom stereocenters. The maximum absolute atomic E-state index is 13.2. The summed E-state index contributed by atoms with van der Waals surface area (Å²) in [5, 5.41) is 0. The Morgan fingerprint density at radius 1 is 1.00 bits per heavy atom. The lowest BCUT2D eigenvalue weighted by molar-refractivity contribution is 0.114. The van der Waals surface area contributed by atoms with E-state index in [2.05, 4.69) is 0 Å². The summed E-state index contributed by atoms with van der Waals surface area (Å²) in [6, 6.07) is 16.7. The molecule has 2 aromatic rings. The third kappa shape index (κ3) is 2.33. The van der Waals surface area contributed by atoms with E-state index in [0.717, 1.165) is 16.8 Å². The highest BCUT2D eigenvalue weighted by Gasteiger charge is 2.35. The number of hydrogen-bond acceptors (Lipinski definition) is 1. The van der Waals surface area contributed by atoms with E-state index in [9.17, 15) is 8.78 Å². The number of nitrogens with zero attached hydrogens (tertiary/aromatic N) is 1. The van der Waals surface area contributed by atoms with Crippen LogP contribution < -0.4 is 4.90 Å². The second-order valence-electron chi connectivity index (χ2n) is 4.85. The van der Waals surface area contributed by atoms with Gasteiger partial charge in [-0.1, -0.05) is 48.5 Å². The molecule has 0 aromatic heterocycles. The fourth-order valence-electron chi connectivity index (χ4n) is 2.69. The molecular weight excluding hydrogens is 244 g/mol. The molecule has 0 aliphatic carbocycles. The molecule has 3 heteroatoms. The second-order valence-corrected chi connectivity index (χ2v) is 4.85. The van der Waals surface area contributed by atoms with Gasteiger partial charge in [0.25, 0.3) is 6.43 Å². The van der Waals surface area contributed by atoms with E-state index in [0.29, 0.717) is 13.0 Å². The van der Waals surface area contributed by atoms with Crippen LogP contribution in [0.15, 0.2) is 54.6 Å². The lowest BCUT2D eigenvalue weighted by Crippen LogP contribution is -2.37. The summed E-state index contributed by atoms with van der Waals surface area (Å²) in [5.41, 5.74) is 3.02. The molecule has 0 saturated carbocycles. The van der Waals surface area contributed by atoms with Crippen molar-refractivity contribution in [1.82, 2.24) is 0 Å². The summed E-state index contributed by atoms with van der Waals surface area (Å²) >= 11 is 0. The minimum Gasteiger partial charge on any atom is -0.358 e. The maximum Gasteiger partial charge on any atom is 0.258 e. The standard InChI is InChI=1S/C16H15F2N/c17-16(18)15-10-13-8-4-5-9-14(13)19(15)11-12-6-2-1-3-7-12/h1-9,15-16H,10-11H2/t15-/m0/s1. The molecule has 98 valence electrons. The molecule has 2 aromatic carbocycles. The molecular formula is C16H15F2N. The van der Waals surface area contributed by atoms with Crippen LogP contribution in [0.4, 0.5) is 14.5 Å².